The van der Waals surface area contributed by atoms with E-state index in [1.165, 1.54) is 24.8 Å². The molecule has 2 aromatic heterocycles. The molecule has 1 amide bonds. The number of hydrogen-bond donors (Lipinski definition) is 1. The molecular formula is C23H33N7O2. The lowest BCUT2D eigenvalue weighted by Gasteiger charge is -2.43. The van der Waals surface area contributed by atoms with E-state index in [0.717, 1.165) is 101 Å². The monoisotopic (exact) mass is 439 g/mol. The van der Waals surface area contributed by atoms with Crippen LogP contribution in [-0.4, -0.2) is 107 Å². The van der Waals surface area contributed by atoms with Crippen LogP contribution in [0.5, 0.6) is 0 Å². The number of carbonyl (C=O) groups excluding carboxylic acids is 1. The Kier molecular flexibility index (Phi) is 5.48. The lowest BCUT2D eigenvalue weighted by molar-refractivity contribution is -0.135. The summed E-state index contributed by atoms with van der Waals surface area (Å²) in [7, 11) is 0. The van der Waals surface area contributed by atoms with Gasteiger partial charge in [-0.3, -0.25) is 14.6 Å². The molecule has 3 aliphatic heterocycles. The average molecular weight is 440 g/mol. The largest absolute Gasteiger partial charge is 0.378 e. The summed E-state index contributed by atoms with van der Waals surface area (Å²) in [5, 5.41) is 0. The average Bonchev–Trinajstić information content (AvgIpc) is 3.16. The third-order valence-corrected chi connectivity index (χ3v) is 7.69. The summed E-state index contributed by atoms with van der Waals surface area (Å²) >= 11 is 0. The Hall–Kier alpha value is -2.23. The summed E-state index contributed by atoms with van der Waals surface area (Å²) in [6, 6.07) is 0.778. The zero-order valence-electron chi connectivity index (χ0n) is 18.8. The van der Waals surface area contributed by atoms with E-state index >= 15 is 0 Å². The van der Waals surface area contributed by atoms with Crippen LogP contribution in [0.25, 0.3) is 11.2 Å². The number of nitrogens with one attached hydrogen (secondary N) is 1. The maximum atomic E-state index is 12.9. The summed E-state index contributed by atoms with van der Waals surface area (Å²) < 4.78 is 5.45. The topological polar surface area (TPSA) is 80.8 Å². The Morgan fingerprint density at radius 3 is 2.66 bits per heavy atom. The number of fused-ring (bicyclic) bond motifs is 3. The highest BCUT2D eigenvalue weighted by molar-refractivity contribution is 5.80. The third-order valence-electron chi connectivity index (χ3n) is 7.69. The molecule has 1 N–H and O–H groups in total. The van der Waals surface area contributed by atoms with Crippen molar-refractivity contribution >= 4 is 22.9 Å². The fraction of sp³-hybridized carbons (Fsp3) is 0.696. The second-order valence-corrected chi connectivity index (χ2v) is 9.57. The number of H-pyrrole nitrogens is 1. The third kappa shape index (κ3) is 3.86. The Balaban J connectivity index is 1.09. The van der Waals surface area contributed by atoms with E-state index in [2.05, 4.69) is 24.6 Å². The molecule has 0 unspecified atom stereocenters. The Morgan fingerprint density at radius 2 is 1.91 bits per heavy atom. The van der Waals surface area contributed by atoms with Crippen LogP contribution in [0.4, 0.5) is 5.82 Å². The molecule has 2 saturated heterocycles. The molecule has 4 aliphatic rings. The Labute approximate surface area is 188 Å². The first-order valence-electron chi connectivity index (χ1n) is 12.2. The van der Waals surface area contributed by atoms with Gasteiger partial charge in [-0.25, -0.2) is 9.97 Å². The van der Waals surface area contributed by atoms with Crippen molar-refractivity contribution in [2.75, 3.05) is 70.5 Å². The highest BCUT2D eigenvalue weighted by atomic mass is 16.5. The number of amides is 1. The second kappa shape index (κ2) is 8.61. The van der Waals surface area contributed by atoms with Gasteiger partial charge in [0.15, 0.2) is 5.65 Å². The quantitative estimate of drug-likeness (QED) is 0.756. The highest BCUT2D eigenvalue weighted by Gasteiger charge is 2.30. The molecule has 0 atom stereocenters. The smallest absolute Gasteiger partial charge is 0.236 e. The number of rotatable bonds is 4. The first kappa shape index (κ1) is 20.4. The van der Waals surface area contributed by atoms with E-state index in [1.54, 1.807) is 0 Å². The SMILES string of the molecule is O=C(CN1CCc2c([nH]c3nc(N4CCOCC4)cnc23)C1)N1CCN(C2CCC2)CC1. The van der Waals surface area contributed by atoms with Crippen LogP contribution in [0.2, 0.25) is 0 Å². The van der Waals surface area contributed by atoms with Crippen LogP contribution >= 0.6 is 0 Å². The van der Waals surface area contributed by atoms with Gasteiger partial charge in [0, 0.05) is 69.7 Å². The van der Waals surface area contributed by atoms with Crippen molar-refractivity contribution in [3.05, 3.63) is 17.5 Å². The summed E-state index contributed by atoms with van der Waals surface area (Å²) in [6.07, 6.45) is 6.84. The van der Waals surface area contributed by atoms with Crippen molar-refractivity contribution < 1.29 is 9.53 Å². The predicted octanol–water partition coefficient (Wildman–Crippen LogP) is 0.849. The van der Waals surface area contributed by atoms with Gasteiger partial charge in [0.2, 0.25) is 5.91 Å². The van der Waals surface area contributed by atoms with E-state index < -0.39 is 0 Å². The Morgan fingerprint density at radius 1 is 1.09 bits per heavy atom. The fourth-order valence-corrected chi connectivity index (χ4v) is 5.49. The molecule has 5 heterocycles. The number of ether oxygens (including phenoxy) is 1. The van der Waals surface area contributed by atoms with Crippen molar-refractivity contribution in [1.29, 1.82) is 0 Å². The minimum atomic E-state index is 0.267. The maximum absolute atomic E-state index is 12.9. The summed E-state index contributed by atoms with van der Waals surface area (Å²) in [5.74, 6) is 1.18. The Bertz CT molecular complexity index is 974. The van der Waals surface area contributed by atoms with Crippen molar-refractivity contribution in [2.24, 2.45) is 0 Å². The maximum Gasteiger partial charge on any atom is 0.236 e. The normalized spacial score (nSPS) is 23.4. The predicted molar refractivity (Wildman–Crippen MR) is 122 cm³/mol. The van der Waals surface area contributed by atoms with Crippen LogP contribution in [0.1, 0.15) is 30.5 Å². The van der Waals surface area contributed by atoms with Crippen LogP contribution in [0, 0.1) is 0 Å². The van der Waals surface area contributed by atoms with Gasteiger partial charge in [0.1, 0.15) is 11.3 Å². The molecule has 172 valence electrons. The molecule has 32 heavy (non-hydrogen) atoms. The van der Waals surface area contributed by atoms with Crippen LogP contribution < -0.4 is 4.90 Å². The molecule has 9 nitrogen and oxygen atoms in total. The molecule has 1 aliphatic carbocycles. The van der Waals surface area contributed by atoms with Gasteiger partial charge in [-0.2, -0.15) is 0 Å². The zero-order chi connectivity index (χ0) is 21.5. The van der Waals surface area contributed by atoms with Crippen molar-refractivity contribution in [3.63, 3.8) is 0 Å². The van der Waals surface area contributed by atoms with Crippen LogP contribution in [0.15, 0.2) is 6.20 Å². The molecule has 0 bridgehead atoms. The number of nitrogens with zero attached hydrogens (tertiary/aromatic N) is 6. The molecule has 6 rings (SSSR count). The molecular weight excluding hydrogens is 406 g/mol. The van der Waals surface area contributed by atoms with Crippen molar-refractivity contribution in [3.8, 4) is 0 Å². The van der Waals surface area contributed by atoms with E-state index in [-0.39, 0.29) is 5.91 Å². The number of piperazine rings is 1. The number of carbonyl (C=O) groups is 1. The standard InChI is InChI=1S/C23H33N7O2/c31-21(30-8-6-28(7-9-30)17-2-1-3-17)16-27-5-4-18-19(15-27)25-23-22(18)24-14-20(26-23)29-10-12-32-13-11-29/h14,17H,1-13,15-16H2,(H,25,26). The second-order valence-electron chi connectivity index (χ2n) is 9.57. The van der Waals surface area contributed by atoms with Crippen molar-refractivity contribution in [2.45, 2.75) is 38.3 Å². The van der Waals surface area contributed by atoms with Gasteiger partial charge in [-0.1, -0.05) is 6.42 Å². The first-order chi connectivity index (χ1) is 15.7. The number of aromatic nitrogens is 3. The van der Waals surface area contributed by atoms with Gasteiger partial charge < -0.3 is 19.5 Å². The summed E-state index contributed by atoms with van der Waals surface area (Å²) in [6.45, 7) is 9.14. The molecule has 1 saturated carbocycles. The molecule has 0 radical (unpaired) electrons. The zero-order valence-corrected chi connectivity index (χ0v) is 18.8. The van der Waals surface area contributed by atoms with Gasteiger partial charge in [-0.05, 0) is 19.3 Å². The highest BCUT2D eigenvalue weighted by Crippen LogP contribution is 2.28. The van der Waals surface area contributed by atoms with E-state index in [4.69, 9.17) is 14.7 Å². The molecule has 9 heteroatoms. The van der Waals surface area contributed by atoms with Crippen LogP contribution in [-0.2, 0) is 22.5 Å². The van der Waals surface area contributed by atoms with Crippen molar-refractivity contribution in [1.82, 2.24) is 29.7 Å². The number of hydrogen-bond acceptors (Lipinski definition) is 7. The first-order valence-corrected chi connectivity index (χ1v) is 12.2. The van der Waals surface area contributed by atoms with E-state index in [1.807, 2.05) is 6.20 Å². The van der Waals surface area contributed by atoms with Gasteiger partial charge in [0.05, 0.1) is 26.0 Å². The number of morpholine rings is 1. The number of anilines is 1. The van der Waals surface area contributed by atoms with E-state index in [9.17, 15) is 4.79 Å². The number of aromatic amines is 1. The molecule has 0 aromatic carbocycles. The minimum Gasteiger partial charge on any atom is -0.378 e. The minimum absolute atomic E-state index is 0.267. The lowest BCUT2D eigenvalue weighted by Crippen LogP contribution is -2.55. The summed E-state index contributed by atoms with van der Waals surface area (Å²) in [4.78, 5) is 35.2. The molecule has 2 aromatic rings. The molecule has 3 fully saturated rings. The van der Waals surface area contributed by atoms with Crippen LogP contribution in [0.3, 0.4) is 0 Å². The fourth-order valence-electron chi connectivity index (χ4n) is 5.49. The molecule has 0 spiro atoms. The lowest BCUT2D eigenvalue weighted by atomic mass is 9.91. The van der Waals surface area contributed by atoms with E-state index in [0.29, 0.717) is 6.54 Å². The van der Waals surface area contributed by atoms with Gasteiger partial charge >= 0.3 is 0 Å². The van der Waals surface area contributed by atoms with Gasteiger partial charge in [0.25, 0.3) is 0 Å². The van der Waals surface area contributed by atoms with Gasteiger partial charge in [-0.15, -0.1) is 0 Å². The summed E-state index contributed by atoms with van der Waals surface area (Å²) in [5.41, 5.74) is 4.27.